The van der Waals surface area contributed by atoms with Crippen LogP contribution in [-0.4, -0.2) is 31.8 Å². The van der Waals surface area contributed by atoms with Gasteiger partial charge in [0.05, 0.1) is 17.3 Å². The molecule has 112 valence electrons. The molecule has 1 heterocycles. The highest BCUT2D eigenvalue weighted by atomic mass is 35.5. The van der Waals surface area contributed by atoms with Crippen LogP contribution in [0.15, 0.2) is 53.7 Å². The van der Waals surface area contributed by atoms with Crippen molar-refractivity contribution in [1.82, 2.24) is 4.90 Å². The average molecular weight is 306 g/mol. The fourth-order valence-corrected chi connectivity index (χ4v) is 2.36. The van der Waals surface area contributed by atoms with E-state index in [2.05, 4.69) is 18.4 Å². The van der Waals surface area contributed by atoms with Crippen LogP contribution in [0, 0.1) is 0 Å². The van der Waals surface area contributed by atoms with Crippen molar-refractivity contribution >= 4 is 17.3 Å². The van der Waals surface area contributed by atoms with E-state index < -0.39 is 0 Å². The molecule has 1 aliphatic heterocycles. The molecule has 0 spiro atoms. The Kier molecular flexibility index (Phi) is 5.48. The summed E-state index contributed by atoms with van der Waals surface area (Å²) in [5.74, 6) is 0.836. The minimum absolute atomic E-state index is 0.550. The van der Waals surface area contributed by atoms with Gasteiger partial charge < -0.3 is 14.4 Å². The Labute approximate surface area is 131 Å². The first-order valence-corrected chi connectivity index (χ1v) is 7.31. The van der Waals surface area contributed by atoms with Crippen LogP contribution in [0.5, 0.6) is 5.75 Å². The third kappa shape index (κ3) is 3.69. The van der Waals surface area contributed by atoms with Crippen molar-refractivity contribution in [1.29, 1.82) is 0 Å². The number of methoxy groups -OCH3 is 1. The quantitative estimate of drug-likeness (QED) is 0.741. The van der Waals surface area contributed by atoms with E-state index in [4.69, 9.17) is 21.1 Å². The summed E-state index contributed by atoms with van der Waals surface area (Å²) in [6.07, 6.45) is 3.90. The summed E-state index contributed by atoms with van der Waals surface area (Å²) in [7, 11) is 1.66. The molecule has 4 heteroatoms. The zero-order chi connectivity index (χ0) is 15.2. The molecule has 0 atom stereocenters. The number of rotatable bonds is 6. The molecule has 1 aromatic rings. The Hall–Kier alpha value is -1.71. The van der Waals surface area contributed by atoms with Crippen LogP contribution in [0.4, 0.5) is 0 Å². The molecule has 0 aromatic heterocycles. The lowest BCUT2D eigenvalue weighted by Gasteiger charge is -2.30. The molecule has 0 fully saturated rings. The SMILES string of the molecule is C=C1C(Cl)=CC=C(c2ccc(OCCOC)cc2)N1CC. The van der Waals surface area contributed by atoms with Crippen molar-refractivity contribution in [3.63, 3.8) is 0 Å². The van der Waals surface area contributed by atoms with Crippen molar-refractivity contribution in [2.75, 3.05) is 26.9 Å². The molecule has 0 unspecified atom stereocenters. The third-order valence-corrected chi connectivity index (χ3v) is 3.65. The Morgan fingerprint density at radius 1 is 1.14 bits per heavy atom. The van der Waals surface area contributed by atoms with Gasteiger partial charge in [-0.2, -0.15) is 0 Å². The van der Waals surface area contributed by atoms with Crippen LogP contribution >= 0.6 is 11.6 Å². The van der Waals surface area contributed by atoms with Crippen molar-refractivity contribution in [2.45, 2.75) is 6.92 Å². The van der Waals surface area contributed by atoms with Gasteiger partial charge in [0.1, 0.15) is 12.4 Å². The van der Waals surface area contributed by atoms with Crippen LogP contribution in [0.2, 0.25) is 0 Å². The van der Waals surface area contributed by atoms with Crippen LogP contribution in [0.25, 0.3) is 5.70 Å². The Morgan fingerprint density at radius 2 is 1.86 bits per heavy atom. The van der Waals surface area contributed by atoms with Gasteiger partial charge in [0, 0.05) is 19.4 Å². The predicted molar refractivity (Wildman–Crippen MR) is 87.2 cm³/mol. The number of likely N-dealkylation sites (N-methyl/N-ethyl adjacent to an activating group) is 1. The van der Waals surface area contributed by atoms with E-state index in [1.54, 1.807) is 7.11 Å². The summed E-state index contributed by atoms with van der Waals surface area (Å²) < 4.78 is 10.5. The zero-order valence-electron chi connectivity index (χ0n) is 12.4. The van der Waals surface area contributed by atoms with Gasteiger partial charge in [0.25, 0.3) is 0 Å². The summed E-state index contributed by atoms with van der Waals surface area (Å²) >= 11 is 6.13. The van der Waals surface area contributed by atoms with E-state index >= 15 is 0 Å². The molecule has 1 aromatic carbocycles. The van der Waals surface area contributed by atoms with Gasteiger partial charge in [-0.05, 0) is 48.9 Å². The van der Waals surface area contributed by atoms with Crippen LogP contribution in [0.1, 0.15) is 12.5 Å². The molecule has 1 aliphatic rings. The van der Waals surface area contributed by atoms with Crippen molar-refractivity contribution in [3.8, 4) is 5.75 Å². The first-order chi connectivity index (χ1) is 10.2. The molecule has 21 heavy (non-hydrogen) atoms. The van der Waals surface area contributed by atoms with Gasteiger partial charge in [0.2, 0.25) is 0 Å². The summed E-state index contributed by atoms with van der Waals surface area (Å²) in [5.41, 5.74) is 3.03. The first kappa shape index (κ1) is 15.7. The maximum Gasteiger partial charge on any atom is 0.119 e. The highest BCUT2D eigenvalue weighted by Gasteiger charge is 2.18. The van der Waals surface area contributed by atoms with Gasteiger partial charge in [-0.3, -0.25) is 0 Å². The predicted octanol–water partition coefficient (Wildman–Crippen LogP) is 4.02. The molecule has 0 aliphatic carbocycles. The second kappa shape index (κ2) is 7.34. The maximum atomic E-state index is 6.13. The van der Waals surface area contributed by atoms with Gasteiger partial charge >= 0.3 is 0 Å². The number of allylic oxidation sites excluding steroid dienone is 3. The molecule has 3 nitrogen and oxygen atoms in total. The Bertz CT molecular complexity index is 561. The fourth-order valence-electron chi connectivity index (χ4n) is 2.19. The number of benzene rings is 1. The number of nitrogens with zero attached hydrogens (tertiary/aromatic N) is 1. The summed E-state index contributed by atoms with van der Waals surface area (Å²) in [4.78, 5) is 2.10. The van der Waals surface area contributed by atoms with Crippen LogP contribution in [0.3, 0.4) is 0 Å². The second-order valence-electron chi connectivity index (χ2n) is 4.62. The lowest BCUT2D eigenvalue weighted by molar-refractivity contribution is 0.146. The monoisotopic (exact) mass is 305 g/mol. The molecule has 2 rings (SSSR count). The largest absolute Gasteiger partial charge is 0.491 e. The van der Waals surface area contributed by atoms with Crippen LogP contribution < -0.4 is 4.74 Å². The van der Waals surface area contributed by atoms with Crippen molar-refractivity contribution in [2.24, 2.45) is 0 Å². The van der Waals surface area contributed by atoms with Crippen molar-refractivity contribution in [3.05, 3.63) is 59.3 Å². The highest BCUT2D eigenvalue weighted by Crippen LogP contribution is 2.32. The minimum Gasteiger partial charge on any atom is -0.491 e. The van der Waals surface area contributed by atoms with E-state index in [-0.39, 0.29) is 0 Å². The highest BCUT2D eigenvalue weighted by molar-refractivity contribution is 6.32. The zero-order valence-corrected chi connectivity index (χ0v) is 13.2. The lowest BCUT2D eigenvalue weighted by Crippen LogP contribution is -2.22. The first-order valence-electron chi connectivity index (χ1n) is 6.93. The van der Waals surface area contributed by atoms with E-state index in [0.29, 0.717) is 18.2 Å². The topological polar surface area (TPSA) is 21.7 Å². The smallest absolute Gasteiger partial charge is 0.119 e. The minimum atomic E-state index is 0.550. The number of halogens is 1. The number of hydrogen-bond acceptors (Lipinski definition) is 3. The third-order valence-electron chi connectivity index (χ3n) is 3.30. The van der Waals surface area contributed by atoms with Gasteiger partial charge in [-0.15, -0.1) is 0 Å². The van der Waals surface area contributed by atoms with Gasteiger partial charge in [-0.25, -0.2) is 0 Å². The fraction of sp³-hybridized carbons (Fsp3) is 0.294. The van der Waals surface area contributed by atoms with Gasteiger partial charge in [-0.1, -0.05) is 18.2 Å². The molecule has 0 N–H and O–H groups in total. The van der Waals surface area contributed by atoms with Crippen molar-refractivity contribution < 1.29 is 9.47 Å². The standard InChI is InChI=1S/C17H20ClNO2/c1-4-19-13(2)16(18)9-10-17(19)14-5-7-15(8-6-14)21-12-11-20-3/h5-10H,2,4,11-12H2,1,3H3. The molecular weight excluding hydrogens is 286 g/mol. The van der Waals surface area contributed by atoms with Gasteiger partial charge in [0.15, 0.2) is 0 Å². The van der Waals surface area contributed by atoms with E-state index in [0.717, 1.165) is 29.3 Å². The Morgan fingerprint density at radius 3 is 2.48 bits per heavy atom. The normalized spacial score (nSPS) is 14.8. The summed E-state index contributed by atoms with van der Waals surface area (Å²) in [6.45, 7) is 8.07. The van der Waals surface area contributed by atoms with Crippen LogP contribution in [-0.2, 0) is 4.74 Å². The molecule has 0 saturated heterocycles. The average Bonchev–Trinajstić information content (AvgIpc) is 2.51. The number of ether oxygens (including phenoxy) is 2. The lowest BCUT2D eigenvalue weighted by atomic mass is 10.1. The van der Waals surface area contributed by atoms with E-state index in [1.165, 1.54) is 0 Å². The number of hydrogen-bond donors (Lipinski definition) is 0. The molecule has 0 bridgehead atoms. The summed E-state index contributed by atoms with van der Waals surface area (Å²) in [5, 5.41) is 0.681. The molecule has 0 saturated carbocycles. The second-order valence-corrected chi connectivity index (χ2v) is 5.03. The Balaban J connectivity index is 2.16. The maximum absolute atomic E-state index is 6.13. The van der Waals surface area contributed by atoms with E-state index in [9.17, 15) is 0 Å². The summed E-state index contributed by atoms with van der Waals surface area (Å²) in [6, 6.07) is 8.00. The molecule has 0 amide bonds. The molecule has 0 radical (unpaired) electrons. The van der Waals surface area contributed by atoms with E-state index in [1.807, 2.05) is 36.4 Å². The molecular formula is C17H20ClNO2.